The maximum absolute atomic E-state index is 5.56. The van der Waals surface area contributed by atoms with Gasteiger partial charge in [-0.25, -0.2) is 0 Å². The summed E-state index contributed by atoms with van der Waals surface area (Å²) >= 11 is -1.68. The van der Waals surface area contributed by atoms with Crippen molar-refractivity contribution in [3.8, 4) is 0 Å². The summed E-state index contributed by atoms with van der Waals surface area (Å²) in [5, 5.41) is 0. The van der Waals surface area contributed by atoms with Crippen molar-refractivity contribution in [2.75, 3.05) is 0 Å². The third-order valence-electron chi connectivity index (χ3n) is 0. The van der Waals surface area contributed by atoms with Crippen LogP contribution in [0.3, 0.4) is 0 Å². The van der Waals surface area contributed by atoms with Crippen LogP contribution in [0.1, 0.15) is 0 Å². The van der Waals surface area contributed by atoms with Crippen molar-refractivity contribution in [2.45, 2.75) is 14.8 Å². The van der Waals surface area contributed by atoms with Crippen molar-refractivity contribution in [1.29, 1.82) is 0 Å². The molecule has 1 nitrogen and oxygen atoms in total. The van der Waals surface area contributed by atoms with E-state index in [0.29, 0.717) is 0 Å². The van der Waals surface area contributed by atoms with E-state index in [1.165, 1.54) is 0 Å². The Kier molecular flexibility index (Phi) is 1.70. The zero-order valence-electron chi connectivity index (χ0n) is 4.08. The summed E-state index contributed by atoms with van der Waals surface area (Å²) in [5.74, 6) is 0. The summed E-state index contributed by atoms with van der Waals surface area (Å²) < 4.78 is 5.56. The molecule has 0 aliphatic rings. The van der Waals surface area contributed by atoms with Crippen LogP contribution in [0.15, 0.2) is 0 Å². The third kappa shape index (κ3) is 62.9. The van der Waals surface area contributed by atoms with Gasteiger partial charge in [0.05, 0.1) is 0 Å². The molecule has 0 heterocycles. The molecule has 0 aliphatic carbocycles. The van der Waals surface area contributed by atoms with E-state index in [9.17, 15) is 0 Å². The average molecular weight is 180 g/mol. The molecule has 0 aromatic heterocycles. The molecule has 0 rings (SSSR count). The third-order valence-corrected chi connectivity index (χ3v) is 0. The van der Waals surface area contributed by atoms with Crippen LogP contribution in [-0.4, -0.2) is 18.7 Å². The van der Waals surface area contributed by atoms with Crippen LogP contribution in [0.2, 0.25) is 14.8 Å². The van der Waals surface area contributed by atoms with Crippen molar-refractivity contribution in [3.05, 3.63) is 0 Å². The van der Waals surface area contributed by atoms with Gasteiger partial charge in [-0.2, -0.15) is 0 Å². The van der Waals surface area contributed by atoms with E-state index in [1.807, 2.05) is 0 Å². The van der Waals surface area contributed by atoms with Crippen molar-refractivity contribution < 1.29 is 0 Å². The van der Waals surface area contributed by atoms with Gasteiger partial charge in [0.1, 0.15) is 0 Å². The van der Waals surface area contributed by atoms with E-state index in [2.05, 4.69) is 14.8 Å². The summed E-state index contributed by atoms with van der Waals surface area (Å²) in [6.45, 7) is 0. The summed E-state index contributed by atoms with van der Waals surface area (Å²) in [4.78, 5) is 6.53. The Morgan fingerprint density at radius 2 is 1.20 bits per heavy atom. The molecule has 0 aliphatic heterocycles. The van der Waals surface area contributed by atoms with Crippen molar-refractivity contribution in [2.24, 2.45) is 3.96 Å². The second-order valence-corrected chi connectivity index (χ2v) is 15.9. The first-order valence-corrected chi connectivity index (χ1v) is 12.0. The second kappa shape index (κ2) is 1.47. The number of nitrogens with two attached hydrogens (primary N) is 1. The average Bonchev–Trinajstić information content (AvgIpc) is 0.722. The maximum atomic E-state index is 5.56. The van der Waals surface area contributed by atoms with Gasteiger partial charge in [0.2, 0.25) is 0 Å². The molecular formula is C3H11NSn. The van der Waals surface area contributed by atoms with Crippen LogP contribution in [0.5, 0.6) is 0 Å². The van der Waals surface area contributed by atoms with Gasteiger partial charge in [0.25, 0.3) is 0 Å². The molecule has 0 aromatic carbocycles. The van der Waals surface area contributed by atoms with Gasteiger partial charge in [-0.1, -0.05) is 0 Å². The normalized spacial score (nSPS) is 12.0. The van der Waals surface area contributed by atoms with E-state index in [0.717, 1.165) is 0 Å². The van der Waals surface area contributed by atoms with E-state index >= 15 is 0 Å². The Morgan fingerprint density at radius 1 is 1.20 bits per heavy atom. The van der Waals surface area contributed by atoms with Gasteiger partial charge in [0.15, 0.2) is 0 Å². The molecule has 0 aromatic rings. The summed E-state index contributed by atoms with van der Waals surface area (Å²) in [6.07, 6.45) is 0. The molecule has 5 heavy (non-hydrogen) atoms. The summed E-state index contributed by atoms with van der Waals surface area (Å²) in [6, 6.07) is 0. The van der Waals surface area contributed by atoms with Crippen molar-refractivity contribution >= 4 is 18.7 Å². The van der Waals surface area contributed by atoms with Gasteiger partial charge >= 0.3 is 37.4 Å². The fourth-order valence-corrected chi connectivity index (χ4v) is 0. The first-order valence-electron chi connectivity index (χ1n) is 1.79. The van der Waals surface area contributed by atoms with Crippen molar-refractivity contribution in [3.63, 3.8) is 0 Å². The summed E-state index contributed by atoms with van der Waals surface area (Å²) in [5.41, 5.74) is 0. The predicted octanol–water partition coefficient (Wildman–Crippen LogP) is 0.780. The molecular weight excluding hydrogens is 169 g/mol. The second-order valence-electron chi connectivity index (χ2n) is 2.37. The molecule has 0 amide bonds. The van der Waals surface area contributed by atoms with Crippen LogP contribution in [0, 0.1) is 0 Å². The van der Waals surface area contributed by atoms with Gasteiger partial charge in [-0.15, -0.1) is 0 Å². The Labute approximate surface area is 37.8 Å². The van der Waals surface area contributed by atoms with Gasteiger partial charge in [-0.05, 0) is 0 Å². The van der Waals surface area contributed by atoms with Crippen LogP contribution >= 0.6 is 0 Å². The molecule has 0 atom stereocenters. The van der Waals surface area contributed by atoms with E-state index in [4.69, 9.17) is 3.96 Å². The Morgan fingerprint density at radius 3 is 1.20 bits per heavy atom. The first-order chi connectivity index (χ1) is 2.00. The molecule has 32 valence electrons. The molecule has 0 fully saturated rings. The number of hydrogen-bond acceptors (Lipinski definition) is 1. The van der Waals surface area contributed by atoms with E-state index in [1.54, 1.807) is 0 Å². The van der Waals surface area contributed by atoms with Gasteiger partial charge in [0, 0.05) is 0 Å². The molecule has 0 bridgehead atoms. The Balaban J connectivity index is 3.02. The van der Waals surface area contributed by atoms with Gasteiger partial charge in [-0.3, -0.25) is 0 Å². The summed E-state index contributed by atoms with van der Waals surface area (Å²) in [7, 11) is 0. The fourth-order valence-electron chi connectivity index (χ4n) is 0. The number of rotatable bonds is 0. The number of hydrogen-bond donors (Lipinski definition) is 1. The monoisotopic (exact) mass is 181 g/mol. The van der Waals surface area contributed by atoms with E-state index in [-0.39, 0.29) is 0 Å². The Hall–Kier alpha value is 0.759. The SMILES string of the molecule is [CH3][Sn]([CH3])([CH3])[NH2]. The van der Waals surface area contributed by atoms with Gasteiger partial charge < -0.3 is 0 Å². The van der Waals surface area contributed by atoms with Crippen LogP contribution in [0.4, 0.5) is 0 Å². The van der Waals surface area contributed by atoms with Crippen molar-refractivity contribution in [1.82, 2.24) is 0 Å². The Bertz CT molecular complexity index is 22.4. The zero-order chi connectivity index (χ0) is 4.50. The minimum absolute atomic E-state index is 1.68. The van der Waals surface area contributed by atoms with Crippen LogP contribution in [0.25, 0.3) is 0 Å². The van der Waals surface area contributed by atoms with E-state index < -0.39 is 18.7 Å². The predicted molar refractivity (Wildman–Crippen MR) is 27.5 cm³/mol. The first kappa shape index (κ1) is 5.76. The molecule has 0 spiro atoms. The van der Waals surface area contributed by atoms with Crippen LogP contribution < -0.4 is 3.96 Å². The molecule has 2 heteroatoms. The quantitative estimate of drug-likeness (QED) is 0.547. The molecule has 0 radical (unpaired) electrons. The minimum atomic E-state index is -1.68. The fraction of sp³-hybridized carbons (Fsp3) is 1.00. The standard InChI is InChI=1S/3CH3.H2N.Sn/h3*1H3;1H2;/q;;;-1;+1. The van der Waals surface area contributed by atoms with Crippen LogP contribution in [-0.2, 0) is 0 Å². The molecule has 0 saturated carbocycles. The molecule has 0 unspecified atom stereocenters. The topological polar surface area (TPSA) is 26.0 Å². The zero-order valence-corrected chi connectivity index (χ0v) is 6.93. The molecule has 2 N–H and O–H groups in total. The molecule has 0 saturated heterocycles.